The molecular formula is C34H36F2N4O3. The zero-order valence-corrected chi connectivity index (χ0v) is 24.7. The van der Waals surface area contributed by atoms with E-state index >= 15 is 0 Å². The van der Waals surface area contributed by atoms with Crippen molar-refractivity contribution in [1.82, 2.24) is 4.90 Å². The predicted octanol–water partition coefficient (Wildman–Crippen LogP) is 5.94. The van der Waals surface area contributed by atoms with Crippen molar-refractivity contribution < 1.29 is 23.1 Å². The normalized spacial score (nSPS) is 19.8. The van der Waals surface area contributed by atoms with Gasteiger partial charge in [-0.1, -0.05) is 26.0 Å². The lowest BCUT2D eigenvalue weighted by atomic mass is 9.73. The van der Waals surface area contributed by atoms with Crippen LogP contribution in [0.2, 0.25) is 0 Å². The first-order valence-corrected chi connectivity index (χ1v) is 14.6. The Kier molecular flexibility index (Phi) is 7.58. The summed E-state index contributed by atoms with van der Waals surface area (Å²) in [5.74, 6) is -0.874. The fourth-order valence-electron chi connectivity index (χ4n) is 6.56. The molecule has 1 aliphatic carbocycles. The van der Waals surface area contributed by atoms with E-state index in [1.807, 2.05) is 72.2 Å². The Hall–Kier alpha value is -4.40. The summed E-state index contributed by atoms with van der Waals surface area (Å²) in [6.07, 6.45) is 0.888. The van der Waals surface area contributed by atoms with Crippen molar-refractivity contribution in [3.63, 3.8) is 0 Å². The maximum Gasteiger partial charge on any atom is 0.242 e. The highest BCUT2D eigenvalue weighted by molar-refractivity contribution is 6.02. The molecule has 9 heteroatoms. The molecule has 43 heavy (non-hydrogen) atoms. The molecule has 2 aliphatic heterocycles. The van der Waals surface area contributed by atoms with Gasteiger partial charge in [-0.15, -0.1) is 0 Å². The van der Waals surface area contributed by atoms with Crippen LogP contribution in [0.3, 0.4) is 0 Å². The summed E-state index contributed by atoms with van der Waals surface area (Å²) in [6, 6.07) is 17.9. The number of rotatable bonds is 5. The van der Waals surface area contributed by atoms with E-state index in [4.69, 9.17) is 4.74 Å². The zero-order chi connectivity index (χ0) is 30.3. The second-order valence-electron chi connectivity index (χ2n) is 12.3. The molecule has 1 saturated heterocycles. The topological polar surface area (TPSA) is 65.1 Å². The van der Waals surface area contributed by atoms with Gasteiger partial charge in [0.05, 0.1) is 31.1 Å². The SMILES string of the molecule is COc1ccc(N2CCN(C(=O)CN3c4ccccc4NC4=C(C(=O)CC(C)(C)C4)C3c3cc(F)cc(F)c3)CC2)cc1. The average molecular weight is 587 g/mol. The quantitative estimate of drug-likeness (QED) is 0.400. The molecular weight excluding hydrogens is 550 g/mol. The number of halogens is 2. The molecule has 0 bridgehead atoms. The van der Waals surface area contributed by atoms with Gasteiger partial charge in [-0.05, 0) is 65.9 Å². The number of ketones is 1. The Morgan fingerprint density at radius 1 is 0.953 bits per heavy atom. The minimum atomic E-state index is -0.843. The molecule has 0 saturated carbocycles. The Bertz CT molecular complexity index is 1560. The molecule has 224 valence electrons. The maximum atomic E-state index is 14.7. The Morgan fingerprint density at radius 3 is 2.30 bits per heavy atom. The molecule has 1 amide bonds. The van der Waals surface area contributed by atoms with Crippen molar-refractivity contribution in [3.8, 4) is 5.75 Å². The number of carbonyl (C=O) groups is 2. The third-order valence-electron chi connectivity index (χ3n) is 8.58. The number of methoxy groups -OCH3 is 1. The number of hydrogen-bond acceptors (Lipinski definition) is 6. The van der Waals surface area contributed by atoms with Crippen LogP contribution in [-0.2, 0) is 9.59 Å². The molecule has 0 aromatic heterocycles. The Morgan fingerprint density at radius 2 is 1.63 bits per heavy atom. The van der Waals surface area contributed by atoms with Gasteiger partial charge in [-0.3, -0.25) is 9.59 Å². The number of carbonyl (C=O) groups excluding carboxylic acids is 2. The average Bonchev–Trinajstić information content (AvgIpc) is 3.10. The molecule has 3 aromatic carbocycles. The fourth-order valence-corrected chi connectivity index (χ4v) is 6.56. The van der Waals surface area contributed by atoms with E-state index in [0.29, 0.717) is 55.8 Å². The van der Waals surface area contributed by atoms with E-state index in [-0.39, 0.29) is 23.7 Å². The first kappa shape index (κ1) is 28.7. The van der Waals surface area contributed by atoms with Crippen LogP contribution >= 0.6 is 0 Å². The van der Waals surface area contributed by atoms with E-state index in [2.05, 4.69) is 10.2 Å². The largest absolute Gasteiger partial charge is 0.497 e. The number of para-hydroxylation sites is 2. The molecule has 1 fully saturated rings. The number of nitrogens with zero attached hydrogens (tertiary/aromatic N) is 3. The number of fused-ring (bicyclic) bond motifs is 1. The molecule has 1 unspecified atom stereocenters. The van der Waals surface area contributed by atoms with Crippen molar-refractivity contribution in [3.05, 3.63) is 95.2 Å². The minimum Gasteiger partial charge on any atom is -0.497 e. The van der Waals surface area contributed by atoms with Crippen LogP contribution in [0.25, 0.3) is 0 Å². The number of allylic oxidation sites excluding steroid dienone is 1. The highest BCUT2D eigenvalue weighted by Gasteiger charge is 2.42. The monoisotopic (exact) mass is 586 g/mol. The summed E-state index contributed by atoms with van der Waals surface area (Å²) in [7, 11) is 1.63. The van der Waals surface area contributed by atoms with Crippen LogP contribution in [0.15, 0.2) is 78.0 Å². The summed E-state index contributed by atoms with van der Waals surface area (Å²) in [6.45, 7) is 6.40. The van der Waals surface area contributed by atoms with Crippen molar-refractivity contribution in [2.75, 3.05) is 55.0 Å². The number of piperazine rings is 1. The summed E-state index contributed by atoms with van der Waals surface area (Å²) >= 11 is 0. The van der Waals surface area contributed by atoms with Gasteiger partial charge in [0.2, 0.25) is 5.91 Å². The van der Waals surface area contributed by atoms with Gasteiger partial charge < -0.3 is 24.8 Å². The molecule has 2 heterocycles. The van der Waals surface area contributed by atoms with Crippen LogP contribution < -0.4 is 19.9 Å². The van der Waals surface area contributed by atoms with E-state index in [1.54, 1.807) is 7.11 Å². The van der Waals surface area contributed by atoms with Gasteiger partial charge >= 0.3 is 0 Å². The lowest BCUT2D eigenvalue weighted by molar-refractivity contribution is -0.130. The number of Topliss-reactive ketones (excluding diaryl/α,β-unsaturated/α-hetero) is 1. The molecule has 1 atom stereocenters. The van der Waals surface area contributed by atoms with Gasteiger partial charge in [-0.25, -0.2) is 8.78 Å². The Balaban J connectivity index is 1.34. The highest BCUT2D eigenvalue weighted by atomic mass is 19.1. The third kappa shape index (κ3) is 5.81. The summed E-state index contributed by atoms with van der Waals surface area (Å²) in [4.78, 5) is 33.7. The second-order valence-corrected chi connectivity index (χ2v) is 12.3. The summed E-state index contributed by atoms with van der Waals surface area (Å²) in [5, 5.41) is 3.48. The molecule has 3 aromatic rings. The predicted molar refractivity (Wildman–Crippen MR) is 163 cm³/mol. The standard InChI is InChI=1S/C34H36F2N4O3/c1-34(2)19-28-32(30(41)20-34)33(22-16-23(35)18-24(36)17-22)40(29-7-5-4-6-27(29)37-28)21-31(42)39-14-12-38(13-15-39)25-8-10-26(43-3)11-9-25/h4-11,16-18,33,37H,12-15,19-21H2,1-3H3. The fraction of sp³-hybridized carbons (Fsp3) is 0.353. The van der Waals surface area contributed by atoms with Crippen LogP contribution in [0, 0.1) is 17.0 Å². The number of benzene rings is 3. The highest BCUT2D eigenvalue weighted by Crippen LogP contribution is 2.48. The van der Waals surface area contributed by atoms with Crippen LogP contribution in [0.4, 0.5) is 25.8 Å². The van der Waals surface area contributed by atoms with Crippen LogP contribution in [0.5, 0.6) is 5.75 Å². The molecule has 6 rings (SSSR count). The first-order valence-electron chi connectivity index (χ1n) is 14.6. The number of ether oxygens (including phenoxy) is 1. The molecule has 0 radical (unpaired) electrons. The number of amides is 1. The third-order valence-corrected chi connectivity index (χ3v) is 8.58. The van der Waals surface area contributed by atoms with Crippen LogP contribution in [0.1, 0.15) is 38.3 Å². The van der Waals surface area contributed by atoms with Crippen molar-refractivity contribution in [2.45, 2.75) is 32.7 Å². The van der Waals surface area contributed by atoms with E-state index in [9.17, 15) is 18.4 Å². The minimum absolute atomic E-state index is 0.0581. The molecule has 1 N–H and O–H groups in total. The van der Waals surface area contributed by atoms with Gasteiger partial charge in [0.25, 0.3) is 0 Å². The van der Waals surface area contributed by atoms with Gasteiger partial charge in [0, 0.05) is 55.6 Å². The Labute approximate surface area is 250 Å². The van der Waals surface area contributed by atoms with E-state index in [0.717, 1.165) is 28.9 Å². The lowest BCUT2D eigenvalue weighted by Gasteiger charge is -2.40. The molecule has 7 nitrogen and oxygen atoms in total. The van der Waals surface area contributed by atoms with Crippen LogP contribution in [-0.4, -0.2) is 56.4 Å². The van der Waals surface area contributed by atoms with Crippen molar-refractivity contribution in [1.29, 1.82) is 0 Å². The second kappa shape index (κ2) is 11.4. The summed E-state index contributed by atoms with van der Waals surface area (Å²) < 4.78 is 34.6. The van der Waals surface area contributed by atoms with E-state index < -0.39 is 17.7 Å². The van der Waals surface area contributed by atoms with E-state index in [1.165, 1.54) is 12.1 Å². The molecule has 0 spiro atoms. The number of hydrogen-bond donors (Lipinski definition) is 1. The maximum absolute atomic E-state index is 14.7. The van der Waals surface area contributed by atoms with Gasteiger partial charge in [-0.2, -0.15) is 0 Å². The number of anilines is 3. The smallest absolute Gasteiger partial charge is 0.242 e. The first-order chi connectivity index (χ1) is 20.6. The molecule has 3 aliphatic rings. The number of nitrogens with one attached hydrogen (secondary N) is 1. The zero-order valence-electron chi connectivity index (χ0n) is 24.7. The summed E-state index contributed by atoms with van der Waals surface area (Å²) in [5.41, 5.74) is 3.70. The van der Waals surface area contributed by atoms with Gasteiger partial charge in [0.1, 0.15) is 17.4 Å². The van der Waals surface area contributed by atoms with Crippen molar-refractivity contribution in [2.24, 2.45) is 5.41 Å². The van der Waals surface area contributed by atoms with Crippen molar-refractivity contribution >= 4 is 28.8 Å². The lowest BCUT2D eigenvalue weighted by Crippen LogP contribution is -2.52. The van der Waals surface area contributed by atoms with Gasteiger partial charge in [0.15, 0.2) is 5.78 Å².